The first-order valence-corrected chi connectivity index (χ1v) is 10.1. The topological polar surface area (TPSA) is 80.7 Å². The van der Waals surface area contributed by atoms with Gasteiger partial charge >= 0.3 is 5.92 Å². The van der Waals surface area contributed by atoms with Crippen LogP contribution in [0.2, 0.25) is 0 Å². The van der Waals surface area contributed by atoms with Crippen molar-refractivity contribution < 1.29 is 28.2 Å². The van der Waals surface area contributed by atoms with Crippen LogP contribution in [0.25, 0.3) is 15.8 Å². The van der Waals surface area contributed by atoms with E-state index < -0.39 is 18.4 Å². The lowest BCUT2D eigenvalue weighted by Gasteiger charge is -2.15. The first-order valence-electron chi connectivity index (χ1n) is 9.17. The maximum absolute atomic E-state index is 13.4. The van der Waals surface area contributed by atoms with Gasteiger partial charge in [0, 0.05) is 29.2 Å². The lowest BCUT2D eigenvalue weighted by atomic mass is 10.1. The number of aliphatic hydroxyl groups is 1. The van der Waals surface area contributed by atoms with Gasteiger partial charge in [-0.3, -0.25) is 4.79 Å². The largest absolute Gasteiger partial charge is 0.490 e. The molecule has 0 spiro atoms. The number of hydrogen-bond acceptors (Lipinski definition) is 6. The maximum atomic E-state index is 13.4. The second-order valence-corrected chi connectivity index (χ2v) is 7.08. The summed E-state index contributed by atoms with van der Waals surface area (Å²) in [4.78, 5) is 17.2. The molecule has 162 valence electrons. The fourth-order valence-electron chi connectivity index (χ4n) is 2.47. The first kappa shape index (κ1) is 23.8. The van der Waals surface area contributed by atoms with E-state index in [4.69, 9.17) is 14.6 Å². The third kappa shape index (κ3) is 6.01. The van der Waals surface area contributed by atoms with E-state index in [1.807, 2.05) is 31.4 Å². The SMILES string of the molecule is C/C=C\S/C(=C\C)c1cc(OCCOC)c2cc(NC(=O)C(F)(F)CO)ccc2n1. The van der Waals surface area contributed by atoms with Crippen LogP contribution in [0.4, 0.5) is 14.5 Å². The monoisotopic (exact) mass is 438 g/mol. The number of fused-ring (bicyclic) bond motifs is 1. The lowest BCUT2D eigenvalue weighted by Crippen LogP contribution is -2.37. The number of pyridine rings is 1. The Balaban J connectivity index is 2.48. The van der Waals surface area contributed by atoms with Crippen LogP contribution in [0.5, 0.6) is 5.75 Å². The van der Waals surface area contributed by atoms with Crippen LogP contribution in [0, 0.1) is 0 Å². The standard InChI is InChI=1S/C21H24F2N2O4S/c1-4-10-30-19(5-2)17-12-18(29-9-8-28-3)15-11-14(6-7-16(15)25-17)24-20(27)21(22,23)13-26/h4-7,10-12,26H,8-9,13H2,1-3H3,(H,24,27)/b10-4-,19-5-. The summed E-state index contributed by atoms with van der Waals surface area (Å²) in [6.45, 7) is 2.90. The quantitative estimate of drug-likeness (QED) is 0.534. The summed E-state index contributed by atoms with van der Waals surface area (Å²) in [6.07, 6.45) is 3.85. The summed E-state index contributed by atoms with van der Waals surface area (Å²) in [5.41, 5.74) is 1.41. The van der Waals surface area contributed by atoms with Crippen molar-refractivity contribution in [1.82, 2.24) is 4.98 Å². The molecule has 30 heavy (non-hydrogen) atoms. The van der Waals surface area contributed by atoms with E-state index in [2.05, 4.69) is 10.3 Å². The predicted octanol–water partition coefficient (Wildman–Crippen LogP) is 4.45. The fraction of sp³-hybridized carbons (Fsp3) is 0.333. The Morgan fingerprint density at radius 2 is 2.07 bits per heavy atom. The van der Waals surface area contributed by atoms with Crippen molar-refractivity contribution in [2.45, 2.75) is 19.8 Å². The number of benzene rings is 1. The molecule has 0 saturated heterocycles. The molecule has 0 unspecified atom stereocenters. The average molecular weight is 438 g/mol. The number of halogens is 2. The molecule has 2 rings (SSSR count). The highest BCUT2D eigenvalue weighted by molar-refractivity contribution is 8.10. The molecule has 9 heteroatoms. The number of methoxy groups -OCH3 is 1. The van der Waals surface area contributed by atoms with E-state index in [9.17, 15) is 13.6 Å². The number of nitrogens with one attached hydrogen (secondary N) is 1. The highest BCUT2D eigenvalue weighted by Gasteiger charge is 2.38. The number of alkyl halides is 2. The molecule has 0 atom stereocenters. The van der Waals surface area contributed by atoms with Crippen LogP contribution in [0.1, 0.15) is 19.5 Å². The van der Waals surface area contributed by atoms with Gasteiger partial charge in [-0.25, -0.2) is 4.98 Å². The molecule has 2 aromatic rings. The maximum Gasteiger partial charge on any atom is 0.347 e. The van der Waals surface area contributed by atoms with Gasteiger partial charge in [0.05, 0.1) is 17.8 Å². The van der Waals surface area contributed by atoms with Crippen LogP contribution in [-0.2, 0) is 9.53 Å². The summed E-state index contributed by atoms with van der Waals surface area (Å²) in [6, 6.07) is 6.35. The van der Waals surface area contributed by atoms with Gasteiger partial charge in [0.25, 0.3) is 5.91 Å². The summed E-state index contributed by atoms with van der Waals surface area (Å²) in [5, 5.41) is 13.3. The van der Waals surface area contributed by atoms with E-state index >= 15 is 0 Å². The van der Waals surface area contributed by atoms with Crippen LogP contribution in [0.3, 0.4) is 0 Å². The van der Waals surface area contributed by atoms with Gasteiger partial charge in [-0.15, -0.1) is 0 Å². The molecule has 1 heterocycles. The third-order valence-corrected chi connectivity index (χ3v) is 5.06. The summed E-state index contributed by atoms with van der Waals surface area (Å²) in [7, 11) is 1.56. The Bertz CT molecular complexity index is 948. The number of aromatic nitrogens is 1. The number of anilines is 1. The number of aliphatic hydroxyl groups excluding tert-OH is 1. The number of ether oxygens (including phenoxy) is 2. The molecule has 2 N–H and O–H groups in total. The van der Waals surface area contributed by atoms with E-state index in [1.165, 1.54) is 23.9 Å². The number of thioether (sulfide) groups is 1. The molecule has 1 aromatic heterocycles. The van der Waals surface area contributed by atoms with E-state index in [0.29, 0.717) is 29.0 Å². The predicted molar refractivity (Wildman–Crippen MR) is 116 cm³/mol. The van der Waals surface area contributed by atoms with Crippen LogP contribution < -0.4 is 10.1 Å². The van der Waals surface area contributed by atoms with E-state index in [0.717, 1.165) is 4.91 Å². The molecular weight excluding hydrogens is 414 g/mol. The highest BCUT2D eigenvalue weighted by atomic mass is 32.2. The Kier molecular flexibility index (Phi) is 8.76. The Morgan fingerprint density at radius 1 is 1.30 bits per heavy atom. The van der Waals surface area contributed by atoms with Gasteiger partial charge in [0.2, 0.25) is 0 Å². The number of nitrogens with zero attached hydrogens (tertiary/aromatic N) is 1. The lowest BCUT2D eigenvalue weighted by molar-refractivity contribution is -0.144. The molecule has 1 aromatic carbocycles. The molecule has 0 aliphatic heterocycles. The minimum absolute atomic E-state index is 0.140. The van der Waals surface area contributed by atoms with E-state index in [1.54, 1.807) is 19.2 Å². The number of rotatable bonds is 10. The zero-order chi connectivity index (χ0) is 22.1. The zero-order valence-electron chi connectivity index (χ0n) is 16.9. The van der Waals surface area contributed by atoms with Crippen molar-refractivity contribution in [3.05, 3.63) is 47.5 Å². The molecule has 0 radical (unpaired) electrons. The van der Waals surface area contributed by atoms with Gasteiger partial charge in [-0.2, -0.15) is 8.78 Å². The highest BCUT2D eigenvalue weighted by Crippen LogP contribution is 2.34. The second-order valence-electron chi connectivity index (χ2n) is 6.14. The van der Waals surface area contributed by atoms with Crippen molar-refractivity contribution in [1.29, 1.82) is 0 Å². The minimum atomic E-state index is -3.88. The van der Waals surface area contributed by atoms with Crippen molar-refractivity contribution in [2.24, 2.45) is 0 Å². The molecule has 0 aliphatic rings. The Morgan fingerprint density at radius 3 is 2.70 bits per heavy atom. The summed E-state index contributed by atoms with van der Waals surface area (Å²) in [5.74, 6) is -4.98. The second kappa shape index (κ2) is 11.1. The van der Waals surface area contributed by atoms with Crippen molar-refractivity contribution in [3.8, 4) is 5.75 Å². The first-order chi connectivity index (χ1) is 14.4. The van der Waals surface area contributed by atoms with Crippen LogP contribution in [0.15, 0.2) is 41.8 Å². The van der Waals surface area contributed by atoms with E-state index in [-0.39, 0.29) is 12.3 Å². The number of carbonyl (C=O) groups excluding carboxylic acids is 1. The van der Waals surface area contributed by atoms with Crippen molar-refractivity contribution in [3.63, 3.8) is 0 Å². The molecule has 6 nitrogen and oxygen atoms in total. The van der Waals surface area contributed by atoms with Gasteiger partial charge < -0.3 is 19.9 Å². The summed E-state index contributed by atoms with van der Waals surface area (Å²) < 4.78 is 37.6. The number of allylic oxidation sites excluding steroid dienone is 2. The van der Waals surface area contributed by atoms with Crippen molar-refractivity contribution in [2.75, 3.05) is 32.2 Å². The smallest absolute Gasteiger partial charge is 0.347 e. The number of carbonyl (C=O) groups is 1. The van der Waals surface area contributed by atoms with Gasteiger partial charge in [0.1, 0.15) is 19.0 Å². The van der Waals surface area contributed by atoms with Gasteiger partial charge in [-0.1, -0.05) is 23.9 Å². The fourth-order valence-corrected chi connectivity index (χ4v) is 3.11. The Labute approximate surface area is 178 Å². The van der Waals surface area contributed by atoms with Crippen LogP contribution >= 0.6 is 11.8 Å². The molecule has 1 amide bonds. The third-order valence-electron chi connectivity index (χ3n) is 3.95. The number of amides is 1. The molecule has 0 fully saturated rings. The molecule has 0 saturated carbocycles. The minimum Gasteiger partial charge on any atom is -0.490 e. The molecular formula is C21H24F2N2O4S. The zero-order valence-corrected chi connectivity index (χ0v) is 17.8. The van der Waals surface area contributed by atoms with Gasteiger partial charge in [-0.05, 0) is 37.5 Å². The molecule has 0 bridgehead atoms. The molecule has 0 aliphatic carbocycles. The normalized spacial score (nSPS) is 12.5. The Hall–Kier alpha value is -2.49. The summed E-state index contributed by atoms with van der Waals surface area (Å²) >= 11 is 1.51. The van der Waals surface area contributed by atoms with Crippen LogP contribution in [-0.4, -0.2) is 48.9 Å². The average Bonchev–Trinajstić information content (AvgIpc) is 2.74. The number of hydrogen-bond donors (Lipinski definition) is 2. The van der Waals surface area contributed by atoms with Crippen molar-refractivity contribution >= 4 is 39.2 Å². The van der Waals surface area contributed by atoms with Gasteiger partial charge in [0.15, 0.2) is 0 Å².